The molecule has 2 atom stereocenters. The van der Waals surface area contributed by atoms with Gasteiger partial charge in [0, 0.05) is 38.0 Å². The predicted molar refractivity (Wildman–Crippen MR) is 160 cm³/mol. The Labute approximate surface area is 256 Å². The van der Waals surface area contributed by atoms with Crippen molar-refractivity contribution in [1.29, 1.82) is 0 Å². The van der Waals surface area contributed by atoms with Crippen molar-refractivity contribution < 1.29 is 37.0 Å². The topological polar surface area (TPSA) is 149 Å². The Morgan fingerprint density at radius 1 is 1.23 bits per heavy atom. The molecule has 2 amide bonds. The van der Waals surface area contributed by atoms with Crippen LogP contribution in [0.3, 0.4) is 0 Å². The van der Waals surface area contributed by atoms with Crippen molar-refractivity contribution in [3.8, 4) is 5.75 Å². The number of aliphatic imine (C=N–C) groups is 1. The standard InChI is InChI=1S/C28H36ClN5O8S/c1-27(2,3)42-26(36)34(17-40-14-13-39-6)25-32-28(4)20-15-19(31-24(35)21-9-7-18(29)16-30-21)8-10-22(20)41-12-11-23(28)43(37,38)33(25)5/h7-10,15-16,23H,11-14,17H2,1-6H3,(H,31,35)/t23-,28-/m1/s1. The maximum absolute atomic E-state index is 14.1. The molecule has 1 aromatic heterocycles. The lowest BCUT2D eigenvalue weighted by atomic mass is 9.87. The fourth-order valence-corrected chi connectivity index (χ4v) is 6.77. The quantitative estimate of drug-likeness (QED) is 0.353. The molecule has 2 aromatic rings. The van der Waals surface area contributed by atoms with Crippen molar-refractivity contribution in [2.45, 2.75) is 50.5 Å². The summed E-state index contributed by atoms with van der Waals surface area (Å²) in [5, 5.41) is 2.12. The largest absolute Gasteiger partial charge is 0.493 e. The molecule has 2 aliphatic heterocycles. The number of carbonyl (C=O) groups excluding carboxylic acids is 2. The van der Waals surface area contributed by atoms with E-state index >= 15 is 0 Å². The van der Waals surface area contributed by atoms with E-state index in [1.165, 1.54) is 26.4 Å². The van der Waals surface area contributed by atoms with Crippen LogP contribution in [0.15, 0.2) is 41.5 Å². The Bertz CT molecular complexity index is 1500. The Morgan fingerprint density at radius 3 is 2.63 bits per heavy atom. The molecule has 15 heteroatoms. The number of benzene rings is 1. The Hall–Kier alpha value is -3.46. The molecule has 4 rings (SSSR count). The first-order valence-electron chi connectivity index (χ1n) is 13.5. The number of anilines is 1. The molecule has 1 N–H and O–H groups in total. The minimum Gasteiger partial charge on any atom is -0.493 e. The van der Waals surface area contributed by atoms with E-state index in [0.29, 0.717) is 22.0 Å². The van der Waals surface area contributed by atoms with E-state index in [2.05, 4.69) is 10.3 Å². The van der Waals surface area contributed by atoms with Crippen LogP contribution in [-0.2, 0) is 29.8 Å². The molecule has 1 aromatic carbocycles. The zero-order valence-corrected chi connectivity index (χ0v) is 26.5. The second-order valence-corrected chi connectivity index (χ2v) is 13.7. The number of carbonyl (C=O) groups is 2. The summed E-state index contributed by atoms with van der Waals surface area (Å²) in [5.74, 6) is -0.272. The molecular formula is C28H36ClN5O8S. The zero-order valence-electron chi connectivity index (χ0n) is 24.9. The SMILES string of the molecule is COCCOCN(C(=O)OC(C)(C)C)C1=N[C@]2(C)c3cc(NC(=O)c4ccc(Cl)cn4)ccc3OCC[C@H]2S(=O)(=O)N1C. The van der Waals surface area contributed by atoms with Gasteiger partial charge in [-0.3, -0.25) is 4.79 Å². The van der Waals surface area contributed by atoms with Crippen LogP contribution in [0.25, 0.3) is 0 Å². The summed E-state index contributed by atoms with van der Waals surface area (Å²) >= 11 is 5.89. The molecule has 0 bridgehead atoms. The van der Waals surface area contributed by atoms with Crippen molar-refractivity contribution in [3.05, 3.63) is 52.8 Å². The van der Waals surface area contributed by atoms with E-state index in [1.54, 1.807) is 52.0 Å². The van der Waals surface area contributed by atoms with Crippen LogP contribution in [-0.4, -0.2) is 92.1 Å². The molecule has 0 saturated heterocycles. The summed E-state index contributed by atoms with van der Waals surface area (Å²) in [5.41, 5.74) is -1.39. The number of amides is 2. The van der Waals surface area contributed by atoms with Gasteiger partial charge in [0.2, 0.25) is 16.0 Å². The zero-order chi connectivity index (χ0) is 31.6. The highest BCUT2D eigenvalue weighted by Crippen LogP contribution is 2.46. The van der Waals surface area contributed by atoms with E-state index in [0.717, 1.165) is 9.21 Å². The van der Waals surface area contributed by atoms with E-state index in [9.17, 15) is 18.0 Å². The molecule has 0 aliphatic carbocycles. The van der Waals surface area contributed by atoms with Crippen LogP contribution in [0.1, 0.15) is 50.2 Å². The molecule has 0 spiro atoms. The van der Waals surface area contributed by atoms with E-state index in [4.69, 9.17) is 35.5 Å². The van der Waals surface area contributed by atoms with Crippen LogP contribution in [0.2, 0.25) is 5.02 Å². The van der Waals surface area contributed by atoms with Gasteiger partial charge in [-0.2, -0.15) is 0 Å². The number of fused-ring (bicyclic) bond motifs is 3. The molecular weight excluding hydrogens is 602 g/mol. The highest BCUT2D eigenvalue weighted by atomic mass is 35.5. The van der Waals surface area contributed by atoms with Gasteiger partial charge < -0.3 is 24.3 Å². The smallest absolute Gasteiger partial charge is 0.419 e. The second-order valence-electron chi connectivity index (χ2n) is 11.2. The summed E-state index contributed by atoms with van der Waals surface area (Å²) in [6.45, 7) is 6.93. The van der Waals surface area contributed by atoms with E-state index < -0.39 is 38.4 Å². The highest BCUT2D eigenvalue weighted by Gasteiger charge is 2.54. The number of guanidine groups is 1. The third-order valence-electron chi connectivity index (χ3n) is 6.87. The fourth-order valence-electron chi connectivity index (χ4n) is 4.76. The number of hydrogen-bond donors (Lipinski definition) is 1. The van der Waals surface area contributed by atoms with Crippen molar-refractivity contribution in [3.63, 3.8) is 0 Å². The number of hydrogen-bond acceptors (Lipinski definition) is 10. The molecule has 0 fully saturated rings. The number of aromatic nitrogens is 1. The Kier molecular flexibility index (Phi) is 9.54. The van der Waals surface area contributed by atoms with Gasteiger partial charge in [-0.15, -0.1) is 0 Å². The summed E-state index contributed by atoms with van der Waals surface area (Å²) in [6.07, 6.45) is 0.651. The molecule has 43 heavy (non-hydrogen) atoms. The number of nitrogens with one attached hydrogen (secondary N) is 1. The van der Waals surface area contributed by atoms with E-state index in [1.807, 2.05) is 0 Å². The highest BCUT2D eigenvalue weighted by molar-refractivity contribution is 7.90. The molecule has 0 radical (unpaired) electrons. The van der Waals surface area contributed by atoms with Crippen molar-refractivity contribution in [1.82, 2.24) is 14.2 Å². The number of nitrogens with zero attached hydrogens (tertiary/aromatic N) is 4. The summed E-state index contributed by atoms with van der Waals surface area (Å²) in [7, 11) is -1.25. The summed E-state index contributed by atoms with van der Waals surface area (Å²) < 4.78 is 51.3. The number of pyridine rings is 1. The number of sulfonamides is 1. The minimum atomic E-state index is -4.09. The van der Waals surface area contributed by atoms with Crippen LogP contribution < -0.4 is 10.1 Å². The number of ether oxygens (including phenoxy) is 4. The average Bonchev–Trinajstić information content (AvgIpc) is 3.07. The Balaban J connectivity index is 1.80. The first-order chi connectivity index (χ1) is 20.2. The molecule has 0 unspecified atom stereocenters. The monoisotopic (exact) mass is 637 g/mol. The number of methoxy groups -OCH3 is 1. The first kappa shape index (κ1) is 32.5. The van der Waals surface area contributed by atoms with E-state index in [-0.39, 0.29) is 44.6 Å². The second kappa shape index (κ2) is 12.6. The number of rotatable bonds is 7. The lowest BCUT2D eigenvalue weighted by molar-refractivity contribution is -0.00423. The van der Waals surface area contributed by atoms with Crippen LogP contribution >= 0.6 is 11.6 Å². The average molecular weight is 638 g/mol. The fraction of sp³-hybridized carbons (Fsp3) is 0.500. The van der Waals surface area contributed by atoms with Crippen molar-refractivity contribution in [2.24, 2.45) is 4.99 Å². The third kappa shape index (κ3) is 7.03. The molecule has 0 saturated carbocycles. The lowest BCUT2D eigenvalue weighted by Gasteiger charge is -2.43. The van der Waals surface area contributed by atoms with Gasteiger partial charge in [-0.1, -0.05) is 11.6 Å². The van der Waals surface area contributed by atoms with Crippen LogP contribution in [0.4, 0.5) is 10.5 Å². The molecule has 3 heterocycles. The normalized spacial score (nSPS) is 21.0. The van der Waals surface area contributed by atoms with Crippen molar-refractivity contribution >= 4 is 45.3 Å². The van der Waals surface area contributed by atoms with Crippen LogP contribution in [0, 0.1) is 0 Å². The minimum absolute atomic E-state index is 0.113. The first-order valence-corrected chi connectivity index (χ1v) is 15.4. The van der Waals surface area contributed by atoms with Gasteiger partial charge in [-0.05, 0) is 58.0 Å². The maximum Gasteiger partial charge on any atom is 0.419 e. The van der Waals surface area contributed by atoms with Crippen LogP contribution in [0.5, 0.6) is 5.75 Å². The third-order valence-corrected chi connectivity index (χ3v) is 9.43. The summed E-state index contributed by atoms with van der Waals surface area (Å²) in [4.78, 5) is 36.3. The van der Waals surface area contributed by atoms with Gasteiger partial charge in [0.25, 0.3) is 5.91 Å². The lowest BCUT2D eigenvalue weighted by Crippen LogP contribution is -2.59. The van der Waals surface area contributed by atoms with Gasteiger partial charge in [0.15, 0.2) is 0 Å². The van der Waals surface area contributed by atoms with Gasteiger partial charge in [-0.25, -0.2) is 32.4 Å². The number of halogens is 1. The van der Waals surface area contributed by atoms with Gasteiger partial charge in [0.1, 0.15) is 34.6 Å². The molecule has 13 nitrogen and oxygen atoms in total. The molecule has 234 valence electrons. The molecule has 2 aliphatic rings. The Morgan fingerprint density at radius 2 is 1.98 bits per heavy atom. The van der Waals surface area contributed by atoms with Gasteiger partial charge >= 0.3 is 6.09 Å². The van der Waals surface area contributed by atoms with Gasteiger partial charge in [0.05, 0.1) is 24.8 Å². The van der Waals surface area contributed by atoms with Crippen molar-refractivity contribution in [2.75, 3.05) is 46.0 Å². The predicted octanol–water partition coefficient (Wildman–Crippen LogP) is 3.84. The maximum atomic E-state index is 14.1. The summed E-state index contributed by atoms with van der Waals surface area (Å²) in [6, 6.07) is 7.95.